The van der Waals surface area contributed by atoms with Gasteiger partial charge in [-0.15, -0.1) is 0 Å². The highest BCUT2D eigenvalue weighted by atomic mass is 79.9. The number of methoxy groups -OCH3 is 2. The highest BCUT2D eigenvalue weighted by Crippen LogP contribution is 2.29. The summed E-state index contributed by atoms with van der Waals surface area (Å²) in [6.07, 6.45) is 0.605. The molecule has 0 radical (unpaired) electrons. The van der Waals surface area contributed by atoms with E-state index in [4.69, 9.17) is 24.4 Å². The summed E-state index contributed by atoms with van der Waals surface area (Å²) in [5.41, 5.74) is 5.22. The van der Waals surface area contributed by atoms with Crippen LogP contribution in [0.2, 0.25) is 0 Å². The Morgan fingerprint density at radius 3 is 1.09 bits per heavy atom. The zero-order valence-electron chi connectivity index (χ0n) is 53.6. The molecule has 2 aliphatic heterocycles. The Kier molecular flexibility index (Phi) is 30.2. The van der Waals surface area contributed by atoms with E-state index in [1.54, 1.807) is 60.7 Å². The molecule has 10 aromatic rings. The molecule has 96 heavy (non-hydrogen) atoms. The number of nitrogens with one attached hydrogen (secondary N) is 1. The first kappa shape index (κ1) is 72.3. The monoisotopic (exact) mass is 1360 g/mol. The first-order chi connectivity index (χ1) is 46.7. The van der Waals surface area contributed by atoms with Crippen LogP contribution in [0.3, 0.4) is 0 Å². The number of halogens is 1. The molecule has 18 heteroatoms. The van der Waals surface area contributed by atoms with E-state index < -0.39 is 5.97 Å². The van der Waals surface area contributed by atoms with Gasteiger partial charge in [0.15, 0.2) is 0 Å². The molecule has 2 saturated heterocycles. The first-order valence-corrected chi connectivity index (χ1v) is 31.8. The summed E-state index contributed by atoms with van der Waals surface area (Å²) in [5.74, 6) is 3.52. The van der Waals surface area contributed by atoms with Crippen molar-refractivity contribution in [2.45, 2.75) is 25.7 Å². The van der Waals surface area contributed by atoms with E-state index in [-0.39, 0.29) is 48.6 Å². The van der Waals surface area contributed by atoms with Gasteiger partial charge in [0.25, 0.3) is 0 Å². The Morgan fingerprint density at radius 2 is 0.719 bits per heavy atom. The molecule has 0 aliphatic carbocycles. The summed E-state index contributed by atoms with van der Waals surface area (Å²) < 4.78 is 27.6. The largest absolute Gasteiger partial charge is 0.508 e. The Morgan fingerprint density at radius 1 is 0.385 bits per heavy atom. The SMILES string of the molecule is Brc1ccccc1.COC(=O)Cc1ccccc1O.COC(=O)Cc1ccccc1Oc1ccccc1.O=C(Cc1ccccc1Oc1ccccc1)N1CCN(c2ccc(O)cc2)CC1.O=C(O)Cc1ccccc1Oc1ccccc1.Oc1ccc(N2CCNCC2)cc1. The zero-order chi connectivity index (χ0) is 68.1. The van der Waals surface area contributed by atoms with E-state index in [1.165, 1.54) is 26.0 Å². The number of hydrogen-bond donors (Lipinski definition) is 5. The molecule has 0 atom stereocenters. The molecule has 0 unspecified atom stereocenters. The molecule has 12 rings (SSSR count). The molecule has 10 aromatic carbocycles. The third kappa shape index (κ3) is 25.8. The predicted octanol–water partition coefficient (Wildman–Crippen LogP) is 14.7. The molecule has 0 saturated carbocycles. The maximum absolute atomic E-state index is 12.9. The molecule has 0 spiro atoms. The number of benzene rings is 10. The Labute approximate surface area is 569 Å². The summed E-state index contributed by atoms with van der Waals surface area (Å²) in [6, 6.07) is 81.9. The lowest BCUT2D eigenvalue weighted by Crippen LogP contribution is -2.49. The molecule has 496 valence electrons. The van der Waals surface area contributed by atoms with Crippen molar-refractivity contribution in [2.24, 2.45) is 0 Å². The molecular formula is C78H79BrN4O13. The number of carbonyl (C=O) groups is 4. The van der Waals surface area contributed by atoms with Crippen LogP contribution in [0.4, 0.5) is 11.4 Å². The molecule has 1 amide bonds. The maximum atomic E-state index is 12.9. The second kappa shape index (κ2) is 40.1. The number of carboxylic acids is 1. The third-order valence-corrected chi connectivity index (χ3v) is 15.1. The van der Waals surface area contributed by atoms with E-state index in [2.05, 4.69) is 40.5 Å². The number of hydrogen-bond acceptors (Lipinski definition) is 15. The Balaban J connectivity index is 0.000000171. The zero-order valence-corrected chi connectivity index (χ0v) is 55.2. The summed E-state index contributed by atoms with van der Waals surface area (Å²) >= 11 is 3.31. The number of esters is 2. The Hall–Kier alpha value is -11.1. The third-order valence-electron chi connectivity index (χ3n) is 14.5. The number of nitrogens with zero attached hydrogens (tertiary/aromatic N) is 3. The number of carboxylic acid groups (broad SMARTS) is 1. The van der Waals surface area contributed by atoms with Gasteiger partial charge in [0.2, 0.25) is 5.91 Å². The van der Waals surface area contributed by atoms with Gasteiger partial charge < -0.3 is 64.1 Å². The fourth-order valence-corrected chi connectivity index (χ4v) is 9.83. The molecule has 5 N–H and O–H groups in total. The van der Waals surface area contributed by atoms with Crippen molar-refractivity contribution in [3.8, 4) is 51.7 Å². The summed E-state index contributed by atoms with van der Waals surface area (Å²) in [7, 11) is 2.70. The van der Waals surface area contributed by atoms with Gasteiger partial charge >= 0.3 is 17.9 Å². The predicted molar refractivity (Wildman–Crippen MR) is 378 cm³/mol. The number of aromatic hydroxyl groups is 3. The van der Waals surface area contributed by atoms with Crippen LogP contribution in [0.1, 0.15) is 22.3 Å². The minimum Gasteiger partial charge on any atom is -0.508 e. The molecule has 2 heterocycles. The minimum atomic E-state index is -0.867. The van der Waals surface area contributed by atoms with Gasteiger partial charge in [-0.1, -0.05) is 162 Å². The molecular weight excluding hydrogens is 1280 g/mol. The van der Waals surface area contributed by atoms with Crippen molar-refractivity contribution in [3.63, 3.8) is 0 Å². The van der Waals surface area contributed by atoms with Gasteiger partial charge in [0, 0.05) is 90.5 Å². The maximum Gasteiger partial charge on any atom is 0.310 e. The van der Waals surface area contributed by atoms with Crippen LogP contribution in [0.25, 0.3) is 0 Å². The smallest absolute Gasteiger partial charge is 0.310 e. The molecule has 0 aromatic heterocycles. The normalized spacial score (nSPS) is 12.0. The molecule has 17 nitrogen and oxygen atoms in total. The first-order valence-electron chi connectivity index (χ1n) is 31.0. The van der Waals surface area contributed by atoms with Crippen LogP contribution in [-0.4, -0.2) is 116 Å². The second-order valence-corrected chi connectivity index (χ2v) is 22.3. The fraction of sp³-hybridized carbons (Fsp3) is 0.179. The number of phenolic OH excluding ortho intramolecular Hbond substituents is 3. The topological polar surface area (TPSA) is 217 Å². The Bertz CT molecular complexity index is 3920. The average Bonchev–Trinajstić information content (AvgIpc) is 1.15. The van der Waals surface area contributed by atoms with Crippen molar-refractivity contribution in [1.82, 2.24) is 10.2 Å². The number of piperazine rings is 2. The molecule has 2 fully saturated rings. The number of phenols is 3. The number of carbonyl (C=O) groups excluding carboxylic acids is 3. The number of para-hydroxylation sites is 7. The number of ether oxygens (including phenoxy) is 5. The second-order valence-electron chi connectivity index (χ2n) is 21.4. The van der Waals surface area contributed by atoms with Crippen molar-refractivity contribution in [3.05, 3.63) is 294 Å². The van der Waals surface area contributed by atoms with Gasteiger partial charge in [0.05, 0.1) is 39.9 Å². The van der Waals surface area contributed by atoms with Gasteiger partial charge in [-0.3, -0.25) is 19.2 Å². The van der Waals surface area contributed by atoms with E-state index >= 15 is 0 Å². The average molecular weight is 1360 g/mol. The van der Waals surface area contributed by atoms with Crippen LogP contribution in [0.5, 0.6) is 51.7 Å². The van der Waals surface area contributed by atoms with E-state index in [0.29, 0.717) is 53.6 Å². The van der Waals surface area contributed by atoms with E-state index in [1.807, 2.05) is 205 Å². The van der Waals surface area contributed by atoms with Gasteiger partial charge in [-0.25, -0.2) is 0 Å². The van der Waals surface area contributed by atoms with Crippen molar-refractivity contribution in [1.29, 1.82) is 0 Å². The lowest BCUT2D eigenvalue weighted by atomic mass is 10.1. The lowest BCUT2D eigenvalue weighted by Gasteiger charge is -2.36. The van der Waals surface area contributed by atoms with E-state index in [9.17, 15) is 29.4 Å². The van der Waals surface area contributed by atoms with Crippen LogP contribution in [-0.2, 0) is 54.3 Å². The van der Waals surface area contributed by atoms with Crippen LogP contribution in [0.15, 0.2) is 271 Å². The quantitative estimate of drug-likeness (QED) is 0.0568. The van der Waals surface area contributed by atoms with Crippen LogP contribution < -0.4 is 29.3 Å². The van der Waals surface area contributed by atoms with Crippen LogP contribution in [0, 0.1) is 0 Å². The highest BCUT2D eigenvalue weighted by Gasteiger charge is 2.23. The molecule has 2 aliphatic rings. The summed E-state index contributed by atoms with van der Waals surface area (Å²) in [6.45, 7) is 7.09. The number of anilines is 2. The van der Waals surface area contributed by atoms with Gasteiger partial charge in [-0.05, 0) is 121 Å². The van der Waals surface area contributed by atoms with Gasteiger partial charge in [0.1, 0.15) is 51.7 Å². The number of amides is 1. The van der Waals surface area contributed by atoms with Crippen molar-refractivity contribution >= 4 is 51.1 Å². The van der Waals surface area contributed by atoms with Crippen LogP contribution >= 0.6 is 15.9 Å². The highest BCUT2D eigenvalue weighted by molar-refractivity contribution is 9.10. The van der Waals surface area contributed by atoms with Gasteiger partial charge in [-0.2, -0.15) is 0 Å². The van der Waals surface area contributed by atoms with E-state index in [0.717, 1.165) is 77.8 Å². The summed E-state index contributed by atoms with van der Waals surface area (Å²) in [4.78, 5) is 52.2. The van der Waals surface area contributed by atoms with Crippen molar-refractivity contribution < 1.29 is 63.3 Å². The number of aliphatic carboxylic acids is 1. The lowest BCUT2D eigenvalue weighted by molar-refractivity contribution is -0.140. The standard InChI is InChI=1S/C24H24N2O3.C15H14O3.C14H12O3.C10H14N2O.C9H10O3.C6H5Br/c27-21-12-10-20(11-13-21)25-14-16-26(17-15-25)24(28)18-19-6-4-5-9-23(19)29-22-7-2-1-3-8-22;1-17-15(16)11-12-7-5-6-10-14(12)18-13-8-3-2-4-9-13;15-14(16)10-11-6-4-5-9-13(11)17-12-7-2-1-3-8-12;13-10-3-1-9(2-4-10)12-7-5-11-6-8-12;1-12-9(11)6-7-4-2-3-5-8(7)10;7-6-4-2-1-3-5-6/h1-13,27H,14-18H2;2-10H,11H2,1H3;1-9H,10H2,(H,15,16);1-4,11,13H,5-8H2;2-5,10H,6H2,1H3;1-5H. The fourth-order valence-electron chi connectivity index (χ4n) is 9.53. The minimum absolute atomic E-state index is 0.0387. The molecule has 0 bridgehead atoms. The summed E-state index contributed by atoms with van der Waals surface area (Å²) in [5, 5.41) is 39.9. The number of rotatable bonds is 16. The van der Waals surface area contributed by atoms with Crippen molar-refractivity contribution in [2.75, 3.05) is 76.4 Å².